The first-order valence-electron chi connectivity index (χ1n) is 14.4. The molecule has 1 N–H and O–H groups in total. The van der Waals surface area contributed by atoms with E-state index in [-0.39, 0.29) is 24.2 Å². The van der Waals surface area contributed by atoms with Gasteiger partial charge in [-0.3, -0.25) is 10.1 Å². The van der Waals surface area contributed by atoms with E-state index in [4.69, 9.17) is 23.7 Å². The van der Waals surface area contributed by atoms with Crippen LogP contribution in [0.3, 0.4) is 0 Å². The molecule has 4 aromatic rings. The Kier molecular flexibility index (Phi) is 9.54. The Hall–Kier alpha value is -4.68. The van der Waals surface area contributed by atoms with Gasteiger partial charge in [-0.05, 0) is 36.6 Å². The van der Waals surface area contributed by atoms with Crippen molar-refractivity contribution in [1.82, 2.24) is 9.97 Å². The molecule has 11 nitrogen and oxygen atoms in total. The highest BCUT2D eigenvalue weighted by molar-refractivity contribution is 5.62. The minimum Gasteiger partial charge on any atom is -0.476 e. The number of benzene rings is 3. The number of ether oxygens (including phenoxy) is 5. The lowest BCUT2D eigenvalue weighted by molar-refractivity contribution is -0.386. The van der Waals surface area contributed by atoms with Crippen LogP contribution in [-0.2, 0) is 19.8 Å². The molecule has 0 bridgehead atoms. The summed E-state index contributed by atoms with van der Waals surface area (Å²) in [6.07, 6.45) is 0.0887. The van der Waals surface area contributed by atoms with E-state index in [1.165, 1.54) is 20.3 Å². The monoisotopic (exact) mass is 613 g/mol. The number of hydrogen-bond acceptors (Lipinski definition) is 10. The van der Waals surface area contributed by atoms with E-state index in [1.54, 1.807) is 19.9 Å². The molecule has 0 amide bonds. The fourth-order valence-electron chi connectivity index (χ4n) is 5.48. The number of aliphatic hydroxyl groups is 1. The Morgan fingerprint density at radius 1 is 0.911 bits per heavy atom. The standard InChI is InChI=1S/C34H35N3O8/c1-33(2)44-28(21-20-26-29(37(39)40)31(41-3)36-32(35-26)42-4)30(45-33)27(38)22-43-34(23-14-8-5-9-15-23,24-16-10-6-11-17-24)25-18-12-7-13-19-25/h5-21,27-28,30,38H,22H2,1-4H3/b21-20-/t27-,28+,30-/m1/s1. The number of hydrogen-bond donors (Lipinski definition) is 1. The SMILES string of the molecule is COc1nc(/C=C\[C@@H]2OC(C)(C)O[C@@H]2[C@H](O)COC(c2ccccc2)(c2ccccc2)c2ccccc2)c([N+](=O)[O-])c(OC)n1. The lowest BCUT2D eigenvalue weighted by atomic mass is 9.80. The van der Waals surface area contributed by atoms with Crippen molar-refractivity contribution in [2.24, 2.45) is 0 Å². The van der Waals surface area contributed by atoms with Crippen LogP contribution in [-0.4, -0.2) is 64.9 Å². The molecule has 0 unspecified atom stereocenters. The summed E-state index contributed by atoms with van der Waals surface area (Å²) >= 11 is 0. The summed E-state index contributed by atoms with van der Waals surface area (Å²) in [5.41, 5.74) is 1.10. The second-order valence-electron chi connectivity index (χ2n) is 10.8. The van der Waals surface area contributed by atoms with E-state index < -0.39 is 40.3 Å². The van der Waals surface area contributed by atoms with Gasteiger partial charge in [0.15, 0.2) is 11.5 Å². The highest BCUT2D eigenvalue weighted by Crippen LogP contribution is 2.41. The predicted octanol–water partition coefficient (Wildman–Crippen LogP) is 5.30. The molecule has 3 atom stereocenters. The first-order valence-corrected chi connectivity index (χ1v) is 14.4. The topological polar surface area (TPSA) is 135 Å². The molecule has 1 aliphatic heterocycles. The summed E-state index contributed by atoms with van der Waals surface area (Å²) in [5, 5.41) is 23.5. The van der Waals surface area contributed by atoms with E-state index >= 15 is 0 Å². The normalized spacial score (nSPS) is 18.5. The third-order valence-corrected chi connectivity index (χ3v) is 7.42. The smallest absolute Gasteiger partial charge is 0.356 e. The Balaban J connectivity index is 1.49. The minimum atomic E-state index is -1.17. The van der Waals surface area contributed by atoms with Gasteiger partial charge < -0.3 is 28.8 Å². The second kappa shape index (κ2) is 13.5. The number of aromatic nitrogens is 2. The van der Waals surface area contributed by atoms with Crippen LogP contribution >= 0.6 is 0 Å². The summed E-state index contributed by atoms with van der Waals surface area (Å²) in [6.45, 7) is 3.31. The van der Waals surface area contributed by atoms with E-state index in [0.29, 0.717) is 0 Å². The zero-order chi connectivity index (χ0) is 32.0. The van der Waals surface area contributed by atoms with E-state index in [0.717, 1.165) is 16.7 Å². The van der Waals surface area contributed by atoms with Gasteiger partial charge in [-0.2, -0.15) is 9.97 Å². The Bertz CT molecular complexity index is 1520. The molecule has 1 fully saturated rings. The average molecular weight is 614 g/mol. The number of rotatable bonds is 12. The third-order valence-electron chi connectivity index (χ3n) is 7.42. The number of nitro groups is 1. The van der Waals surface area contributed by atoms with Crippen LogP contribution in [0.2, 0.25) is 0 Å². The van der Waals surface area contributed by atoms with Gasteiger partial charge in [0.25, 0.3) is 0 Å². The second-order valence-corrected chi connectivity index (χ2v) is 10.8. The van der Waals surface area contributed by atoms with Gasteiger partial charge in [0.05, 0.1) is 25.7 Å². The van der Waals surface area contributed by atoms with E-state index in [9.17, 15) is 15.2 Å². The van der Waals surface area contributed by atoms with Gasteiger partial charge >= 0.3 is 17.6 Å². The van der Waals surface area contributed by atoms with Gasteiger partial charge in [0.2, 0.25) is 0 Å². The van der Waals surface area contributed by atoms with Crippen molar-refractivity contribution in [3.8, 4) is 11.9 Å². The van der Waals surface area contributed by atoms with Gasteiger partial charge in [0.1, 0.15) is 23.9 Å². The van der Waals surface area contributed by atoms with Crippen molar-refractivity contribution in [2.45, 2.75) is 43.5 Å². The first-order chi connectivity index (χ1) is 21.7. The molecule has 5 rings (SSSR count). The molecule has 3 aromatic carbocycles. The molecule has 1 aromatic heterocycles. The maximum atomic E-state index is 11.9. The van der Waals surface area contributed by atoms with Crippen LogP contribution in [0.15, 0.2) is 97.1 Å². The quantitative estimate of drug-likeness (QED) is 0.127. The van der Waals surface area contributed by atoms with Crippen LogP contribution in [0.4, 0.5) is 5.69 Å². The predicted molar refractivity (Wildman–Crippen MR) is 166 cm³/mol. The lowest BCUT2D eigenvalue weighted by Gasteiger charge is -2.37. The van der Waals surface area contributed by atoms with E-state index in [2.05, 4.69) is 9.97 Å². The molecule has 0 aliphatic carbocycles. The third kappa shape index (κ3) is 6.71. The van der Waals surface area contributed by atoms with Gasteiger partial charge in [-0.25, -0.2) is 0 Å². The molecule has 0 radical (unpaired) electrons. The molecule has 1 saturated heterocycles. The van der Waals surface area contributed by atoms with Gasteiger partial charge in [-0.15, -0.1) is 0 Å². The Labute approximate surface area is 261 Å². The Morgan fingerprint density at radius 2 is 1.44 bits per heavy atom. The van der Waals surface area contributed by atoms with Crippen molar-refractivity contribution < 1.29 is 33.7 Å². The highest BCUT2D eigenvalue weighted by atomic mass is 16.8. The first kappa shape index (κ1) is 31.7. The largest absolute Gasteiger partial charge is 0.476 e. The van der Waals surface area contributed by atoms with Crippen molar-refractivity contribution in [2.75, 3.05) is 20.8 Å². The molecule has 0 spiro atoms. The van der Waals surface area contributed by atoms with Crippen molar-refractivity contribution >= 4 is 11.8 Å². The fourth-order valence-corrected chi connectivity index (χ4v) is 5.48. The number of methoxy groups -OCH3 is 2. The van der Waals surface area contributed by atoms with Crippen molar-refractivity contribution in [1.29, 1.82) is 0 Å². The van der Waals surface area contributed by atoms with Crippen LogP contribution in [0, 0.1) is 10.1 Å². The molecular formula is C34H35N3O8. The van der Waals surface area contributed by atoms with Crippen molar-refractivity contribution in [3.05, 3.63) is 130 Å². The lowest BCUT2D eigenvalue weighted by Crippen LogP contribution is -2.42. The van der Waals surface area contributed by atoms with Crippen molar-refractivity contribution in [3.63, 3.8) is 0 Å². The summed E-state index contributed by atoms with van der Waals surface area (Å²) < 4.78 is 29.3. The molecule has 45 heavy (non-hydrogen) atoms. The summed E-state index contributed by atoms with van der Waals surface area (Å²) in [4.78, 5) is 19.3. The molecule has 11 heteroatoms. The van der Waals surface area contributed by atoms with Gasteiger partial charge in [0, 0.05) is 0 Å². The maximum Gasteiger partial charge on any atom is 0.356 e. The minimum absolute atomic E-state index is 0.0576. The molecular weight excluding hydrogens is 578 g/mol. The zero-order valence-electron chi connectivity index (χ0n) is 25.4. The molecule has 1 aliphatic rings. The fraction of sp³-hybridized carbons (Fsp3) is 0.294. The molecule has 2 heterocycles. The van der Waals surface area contributed by atoms with Crippen LogP contribution < -0.4 is 9.47 Å². The van der Waals surface area contributed by atoms with E-state index in [1.807, 2.05) is 91.0 Å². The number of nitrogens with zero attached hydrogens (tertiary/aromatic N) is 3. The van der Waals surface area contributed by atoms with Crippen LogP contribution in [0.1, 0.15) is 36.2 Å². The highest BCUT2D eigenvalue weighted by Gasteiger charge is 2.45. The summed E-state index contributed by atoms with van der Waals surface area (Å²) in [7, 11) is 2.61. The molecule has 234 valence electrons. The zero-order valence-corrected chi connectivity index (χ0v) is 25.4. The summed E-state index contributed by atoms with van der Waals surface area (Å²) in [6, 6.07) is 29.4. The maximum absolute atomic E-state index is 11.9. The van der Waals surface area contributed by atoms with Crippen LogP contribution in [0.5, 0.6) is 11.9 Å². The molecule has 0 saturated carbocycles. The number of aliphatic hydroxyl groups excluding tert-OH is 1. The average Bonchev–Trinajstić information content (AvgIpc) is 3.38. The summed E-state index contributed by atoms with van der Waals surface area (Å²) in [5.74, 6) is -1.32. The van der Waals surface area contributed by atoms with Gasteiger partial charge in [-0.1, -0.05) is 97.1 Å². The Morgan fingerprint density at radius 3 is 1.91 bits per heavy atom. The van der Waals surface area contributed by atoms with Crippen LogP contribution in [0.25, 0.3) is 6.08 Å².